The van der Waals surface area contributed by atoms with Gasteiger partial charge in [0.2, 0.25) is 5.82 Å². The molecule has 112 valence electrons. The van der Waals surface area contributed by atoms with Crippen LogP contribution in [-0.4, -0.2) is 23.8 Å². The molecular weight excluding hydrogens is 266 g/mol. The summed E-state index contributed by atoms with van der Waals surface area (Å²) in [6.45, 7) is 3.16. The van der Waals surface area contributed by atoms with Crippen molar-refractivity contribution in [2.24, 2.45) is 0 Å². The first-order valence-corrected chi connectivity index (χ1v) is 7.55. The number of hydrogen-bond donors (Lipinski definition) is 1. The van der Waals surface area contributed by atoms with Crippen molar-refractivity contribution >= 4 is 5.69 Å². The van der Waals surface area contributed by atoms with E-state index in [4.69, 9.17) is 9.26 Å². The number of methoxy groups -OCH3 is 1. The molecule has 0 amide bonds. The first-order valence-electron chi connectivity index (χ1n) is 7.55. The van der Waals surface area contributed by atoms with Crippen molar-refractivity contribution in [2.45, 2.75) is 38.7 Å². The molecule has 1 N–H and O–H groups in total. The summed E-state index contributed by atoms with van der Waals surface area (Å²) in [6, 6.07) is 6.25. The van der Waals surface area contributed by atoms with Gasteiger partial charge < -0.3 is 14.6 Å². The van der Waals surface area contributed by atoms with Gasteiger partial charge in [-0.2, -0.15) is 4.98 Å². The van der Waals surface area contributed by atoms with E-state index < -0.39 is 0 Å². The topological polar surface area (TPSA) is 60.2 Å². The summed E-state index contributed by atoms with van der Waals surface area (Å²) in [6.07, 6.45) is 4.07. The predicted octanol–water partition coefficient (Wildman–Crippen LogP) is 3.58. The van der Waals surface area contributed by atoms with Crippen molar-refractivity contribution in [1.29, 1.82) is 0 Å². The molecule has 0 spiro atoms. The van der Waals surface area contributed by atoms with E-state index in [9.17, 15) is 0 Å². The summed E-state index contributed by atoms with van der Waals surface area (Å²) in [5.41, 5.74) is 3.50. The van der Waals surface area contributed by atoms with E-state index in [2.05, 4.69) is 34.5 Å². The molecule has 0 fully saturated rings. The van der Waals surface area contributed by atoms with E-state index in [-0.39, 0.29) is 6.10 Å². The third-order valence-corrected chi connectivity index (χ3v) is 3.86. The highest BCUT2D eigenvalue weighted by atomic mass is 16.5. The second kappa shape index (κ2) is 6.26. The minimum atomic E-state index is -0.0909. The number of aryl methyl sites for hydroxylation is 1. The van der Waals surface area contributed by atoms with E-state index in [1.165, 1.54) is 11.3 Å². The monoisotopic (exact) mass is 287 g/mol. The van der Waals surface area contributed by atoms with Crippen LogP contribution in [0.25, 0.3) is 11.5 Å². The van der Waals surface area contributed by atoms with Crippen LogP contribution in [0.15, 0.2) is 22.7 Å². The maximum Gasteiger partial charge on any atom is 0.258 e. The standard InChI is InChI=1S/C16H21N3O2/c1-3-5-14(20-2)15-18-16(21-19-15)12-7-8-13-11(10-12)6-4-9-17-13/h7-8,10,14,17H,3-6,9H2,1-2H3. The summed E-state index contributed by atoms with van der Waals surface area (Å²) in [7, 11) is 1.68. The molecule has 1 aromatic carbocycles. The lowest BCUT2D eigenvalue weighted by atomic mass is 10.0. The molecule has 1 unspecified atom stereocenters. The molecule has 1 atom stereocenters. The van der Waals surface area contributed by atoms with Gasteiger partial charge in [-0.25, -0.2) is 0 Å². The lowest BCUT2D eigenvalue weighted by Gasteiger charge is -2.17. The summed E-state index contributed by atoms with van der Waals surface area (Å²) in [5, 5.41) is 7.47. The average Bonchev–Trinajstić information content (AvgIpc) is 3.02. The Labute approximate surface area is 124 Å². The summed E-state index contributed by atoms with van der Waals surface area (Å²) >= 11 is 0. The van der Waals surface area contributed by atoms with Crippen LogP contribution in [0.4, 0.5) is 5.69 Å². The largest absolute Gasteiger partial charge is 0.385 e. The van der Waals surface area contributed by atoms with Crippen LogP contribution >= 0.6 is 0 Å². The number of aromatic nitrogens is 2. The fourth-order valence-corrected chi connectivity index (χ4v) is 2.71. The summed E-state index contributed by atoms with van der Waals surface area (Å²) < 4.78 is 10.8. The Morgan fingerprint density at radius 3 is 3.14 bits per heavy atom. The average molecular weight is 287 g/mol. The van der Waals surface area contributed by atoms with Crippen LogP contribution in [0.1, 0.15) is 43.7 Å². The molecule has 5 nitrogen and oxygen atoms in total. The molecule has 0 radical (unpaired) electrons. The number of benzene rings is 1. The Balaban J connectivity index is 1.85. The van der Waals surface area contributed by atoms with Gasteiger partial charge in [0.05, 0.1) is 0 Å². The maximum atomic E-state index is 5.42. The quantitative estimate of drug-likeness (QED) is 0.910. The van der Waals surface area contributed by atoms with Crippen molar-refractivity contribution < 1.29 is 9.26 Å². The van der Waals surface area contributed by atoms with Gasteiger partial charge in [0.15, 0.2) is 0 Å². The fraction of sp³-hybridized carbons (Fsp3) is 0.500. The summed E-state index contributed by atoms with van der Waals surface area (Å²) in [5.74, 6) is 1.20. The van der Waals surface area contributed by atoms with E-state index in [0.717, 1.165) is 37.8 Å². The van der Waals surface area contributed by atoms with Crippen LogP contribution in [0.2, 0.25) is 0 Å². The maximum absolute atomic E-state index is 5.42. The van der Waals surface area contributed by atoms with Crippen LogP contribution in [0, 0.1) is 0 Å². The first-order chi connectivity index (χ1) is 10.3. The fourth-order valence-electron chi connectivity index (χ4n) is 2.71. The Bertz CT molecular complexity index is 609. The van der Waals surface area contributed by atoms with Crippen molar-refractivity contribution in [3.63, 3.8) is 0 Å². The van der Waals surface area contributed by atoms with Gasteiger partial charge in [0, 0.05) is 24.9 Å². The van der Waals surface area contributed by atoms with Gasteiger partial charge >= 0.3 is 0 Å². The molecule has 2 heterocycles. The zero-order valence-corrected chi connectivity index (χ0v) is 12.6. The Kier molecular flexibility index (Phi) is 4.20. The molecule has 3 rings (SSSR count). The SMILES string of the molecule is CCCC(OC)c1noc(-c2ccc3c(c2)CCCN3)n1. The zero-order chi connectivity index (χ0) is 14.7. The normalized spacial score (nSPS) is 15.3. The Hall–Kier alpha value is -1.88. The number of fused-ring (bicyclic) bond motifs is 1. The highest BCUT2D eigenvalue weighted by molar-refractivity contribution is 5.63. The van der Waals surface area contributed by atoms with Crippen molar-refractivity contribution in [2.75, 3.05) is 19.0 Å². The second-order valence-electron chi connectivity index (χ2n) is 5.37. The minimum Gasteiger partial charge on any atom is -0.385 e. The van der Waals surface area contributed by atoms with Crippen LogP contribution in [0.3, 0.4) is 0 Å². The zero-order valence-electron chi connectivity index (χ0n) is 12.6. The molecule has 0 aliphatic carbocycles. The van der Waals surface area contributed by atoms with Gasteiger partial charge in [0.25, 0.3) is 5.89 Å². The molecule has 5 heteroatoms. The number of anilines is 1. The molecule has 1 aliphatic heterocycles. The van der Waals surface area contributed by atoms with Gasteiger partial charge in [-0.15, -0.1) is 0 Å². The number of nitrogens with zero attached hydrogens (tertiary/aromatic N) is 2. The van der Waals surface area contributed by atoms with Crippen molar-refractivity contribution in [1.82, 2.24) is 10.1 Å². The highest BCUT2D eigenvalue weighted by Gasteiger charge is 2.18. The van der Waals surface area contributed by atoms with Crippen molar-refractivity contribution in [3.8, 4) is 11.5 Å². The van der Waals surface area contributed by atoms with E-state index in [1.807, 2.05) is 6.07 Å². The van der Waals surface area contributed by atoms with Crippen LogP contribution in [0.5, 0.6) is 0 Å². The summed E-state index contributed by atoms with van der Waals surface area (Å²) in [4.78, 5) is 4.50. The van der Waals surface area contributed by atoms with Crippen LogP contribution in [-0.2, 0) is 11.2 Å². The van der Waals surface area contributed by atoms with Gasteiger partial charge in [-0.1, -0.05) is 18.5 Å². The molecule has 0 saturated heterocycles. The molecule has 0 bridgehead atoms. The van der Waals surface area contributed by atoms with E-state index >= 15 is 0 Å². The number of hydrogen-bond acceptors (Lipinski definition) is 5. The van der Waals surface area contributed by atoms with Gasteiger partial charge in [0.1, 0.15) is 6.10 Å². The van der Waals surface area contributed by atoms with E-state index in [1.54, 1.807) is 7.11 Å². The smallest absolute Gasteiger partial charge is 0.258 e. The van der Waals surface area contributed by atoms with E-state index in [0.29, 0.717) is 11.7 Å². The minimum absolute atomic E-state index is 0.0909. The first kappa shape index (κ1) is 14.1. The van der Waals surface area contributed by atoms with Crippen LogP contribution < -0.4 is 5.32 Å². The molecule has 2 aromatic rings. The Morgan fingerprint density at radius 1 is 1.43 bits per heavy atom. The number of ether oxygens (including phenoxy) is 1. The molecule has 21 heavy (non-hydrogen) atoms. The molecule has 1 aromatic heterocycles. The van der Waals surface area contributed by atoms with Gasteiger partial charge in [-0.3, -0.25) is 0 Å². The number of rotatable bonds is 5. The molecule has 1 aliphatic rings. The Morgan fingerprint density at radius 2 is 2.33 bits per heavy atom. The molecular formula is C16H21N3O2. The number of nitrogens with one attached hydrogen (secondary N) is 1. The van der Waals surface area contributed by atoms with Crippen molar-refractivity contribution in [3.05, 3.63) is 29.6 Å². The second-order valence-corrected chi connectivity index (χ2v) is 5.37. The predicted molar refractivity (Wildman–Crippen MR) is 81.2 cm³/mol. The molecule has 0 saturated carbocycles. The van der Waals surface area contributed by atoms with Gasteiger partial charge in [-0.05, 0) is 43.0 Å². The lowest BCUT2D eigenvalue weighted by molar-refractivity contribution is 0.0854. The highest BCUT2D eigenvalue weighted by Crippen LogP contribution is 2.29. The third-order valence-electron chi connectivity index (χ3n) is 3.86. The lowest BCUT2D eigenvalue weighted by Crippen LogP contribution is -2.11. The third kappa shape index (κ3) is 2.93.